The van der Waals surface area contributed by atoms with Crippen molar-refractivity contribution in [3.05, 3.63) is 35.3 Å². The number of thiazole rings is 1. The first kappa shape index (κ1) is 16.1. The molecule has 2 aromatic rings. The van der Waals surface area contributed by atoms with Crippen LogP contribution in [0.3, 0.4) is 0 Å². The third-order valence-corrected chi connectivity index (χ3v) is 4.30. The summed E-state index contributed by atoms with van der Waals surface area (Å²) in [6.45, 7) is 0.0618. The van der Waals surface area contributed by atoms with Crippen LogP contribution in [-0.4, -0.2) is 29.7 Å². The van der Waals surface area contributed by atoms with Crippen LogP contribution in [0, 0.1) is 0 Å². The number of methoxy groups -OCH3 is 1. The number of aromatic nitrogens is 1. The van der Waals surface area contributed by atoms with E-state index in [2.05, 4.69) is 15.5 Å². The third-order valence-electron chi connectivity index (χ3n) is 3.36. The maximum absolute atomic E-state index is 11.9. The van der Waals surface area contributed by atoms with Crippen molar-refractivity contribution in [1.82, 2.24) is 10.4 Å². The number of esters is 1. The molecule has 1 aliphatic rings. The monoisotopic (exact) mass is 345 g/mol. The smallest absolute Gasteiger partial charge is 0.354 e. The highest BCUT2D eigenvalue weighted by molar-refractivity contribution is 7.13. The highest BCUT2D eigenvalue weighted by Gasteiger charge is 2.20. The van der Waals surface area contributed by atoms with E-state index in [1.54, 1.807) is 7.11 Å². The lowest BCUT2D eigenvalue weighted by Gasteiger charge is -2.10. The number of hydrogen-bond donors (Lipinski definition) is 1. The van der Waals surface area contributed by atoms with Crippen molar-refractivity contribution < 1.29 is 19.1 Å². The molecule has 1 aromatic heterocycles. The molecule has 2 heterocycles. The number of rotatable bonds is 5. The Bertz CT molecular complexity index is 800. The molecule has 1 aliphatic heterocycles. The number of carbonyl (C=O) groups is 2. The van der Waals surface area contributed by atoms with Crippen LogP contribution in [0.1, 0.15) is 18.5 Å². The molecule has 0 saturated heterocycles. The van der Waals surface area contributed by atoms with Crippen LogP contribution in [0.25, 0.3) is 10.6 Å². The van der Waals surface area contributed by atoms with E-state index in [0.29, 0.717) is 5.69 Å². The summed E-state index contributed by atoms with van der Waals surface area (Å²) in [7, 11) is 1.61. The van der Waals surface area contributed by atoms with Crippen molar-refractivity contribution in [3.8, 4) is 16.3 Å². The number of nitrogens with one attached hydrogen (secondary N) is 1. The standard InChI is InChI=1S/C16H15N3O4S/c1-22-12-4-2-3-10(7-12)15-17-11(9-24-15)8-23-16(21)13-5-6-14(20)19-18-13/h2-4,7,9H,5-6,8H2,1H3,(H,19,20). The first-order valence-electron chi connectivity index (χ1n) is 7.27. The predicted molar refractivity (Wildman–Crippen MR) is 88.7 cm³/mol. The minimum absolute atomic E-state index is 0.0618. The van der Waals surface area contributed by atoms with Crippen molar-refractivity contribution in [2.45, 2.75) is 19.4 Å². The lowest BCUT2D eigenvalue weighted by molar-refractivity contribution is -0.137. The van der Waals surface area contributed by atoms with Crippen LogP contribution in [0.4, 0.5) is 0 Å². The Hall–Kier alpha value is -2.74. The summed E-state index contributed by atoms with van der Waals surface area (Å²) in [5.74, 6) is 0.0212. The fourth-order valence-corrected chi connectivity index (χ4v) is 2.91. The maximum atomic E-state index is 11.9. The first-order valence-corrected chi connectivity index (χ1v) is 8.15. The molecule has 8 heteroatoms. The molecule has 0 atom stereocenters. The van der Waals surface area contributed by atoms with E-state index < -0.39 is 5.97 Å². The second-order valence-corrected chi connectivity index (χ2v) is 5.90. The van der Waals surface area contributed by atoms with Gasteiger partial charge in [-0.25, -0.2) is 15.2 Å². The van der Waals surface area contributed by atoms with Crippen molar-refractivity contribution in [2.24, 2.45) is 5.10 Å². The summed E-state index contributed by atoms with van der Waals surface area (Å²) in [6, 6.07) is 7.60. The van der Waals surface area contributed by atoms with Gasteiger partial charge in [0.05, 0.1) is 12.8 Å². The Morgan fingerprint density at radius 3 is 3.00 bits per heavy atom. The lowest BCUT2D eigenvalue weighted by atomic mass is 10.2. The van der Waals surface area contributed by atoms with Gasteiger partial charge in [-0.2, -0.15) is 5.10 Å². The molecule has 7 nitrogen and oxygen atoms in total. The van der Waals surface area contributed by atoms with Gasteiger partial charge in [-0.3, -0.25) is 4.79 Å². The highest BCUT2D eigenvalue weighted by Crippen LogP contribution is 2.27. The Labute approximate surface area is 142 Å². The molecule has 0 saturated carbocycles. The zero-order valence-electron chi connectivity index (χ0n) is 12.9. The minimum atomic E-state index is -0.536. The lowest BCUT2D eigenvalue weighted by Crippen LogP contribution is -2.30. The molecule has 24 heavy (non-hydrogen) atoms. The quantitative estimate of drug-likeness (QED) is 0.839. The van der Waals surface area contributed by atoms with Gasteiger partial charge in [-0.05, 0) is 12.1 Å². The molecular weight excluding hydrogens is 330 g/mol. The molecule has 3 rings (SSSR count). The van der Waals surface area contributed by atoms with Gasteiger partial charge in [0.25, 0.3) is 0 Å². The number of hydrogen-bond acceptors (Lipinski definition) is 7. The summed E-state index contributed by atoms with van der Waals surface area (Å²) >= 11 is 1.46. The van der Waals surface area contributed by atoms with Gasteiger partial charge in [-0.1, -0.05) is 12.1 Å². The van der Waals surface area contributed by atoms with Gasteiger partial charge in [-0.15, -0.1) is 11.3 Å². The molecule has 0 fully saturated rings. The molecule has 1 amide bonds. The fraction of sp³-hybridized carbons (Fsp3) is 0.250. The molecular formula is C16H15N3O4S. The zero-order chi connectivity index (χ0) is 16.9. The number of benzene rings is 1. The van der Waals surface area contributed by atoms with Crippen LogP contribution in [0.15, 0.2) is 34.7 Å². The fourth-order valence-electron chi connectivity index (χ4n) is 2.11. The topological polar surface area (TPSA) is 89.9 Å². The van der Waals surface area contributed by atoms with E-state index in [9.17, 15) is 9.59 Å². The summed E-state index contributed by atoms with van der Waals surface area (Å²) in [5.41, 5.74) is 4.09. The van der Waals surface area contributed by atoms with E-state index in [4.69, 9.17) is 9.47 Å². The average molecular weight is 345 g/mol. The van der Waals surface area contributed by atoms with Gasteiger partial charge in [0.1, 0.15) is 23.1 Å². The Balaban J connectivity index is 1.62. The van der Waals surface area contributed by atoms with Crippen LogP contribution in [0.2, 0.25) is 0 Å². The van der Waals surface area contributed by atoms with Crippen LogP contribution >= 0.6 is 11.3 Å². The van der Waals surface area contributed by atoms with E-state index in [0.717, 1.165) is 16.3 Å². The molecule has 0 spiro atoms. The largest absolute Gasteiger partial charge is 0.497 e. The third kappa shape index (κ3) is 3.77. The van der Waals surface area contributed by atoms with E-state index >= 15 is 0 Å². The molecule has 0 unspecified atom stereocenters. The summed E-state index contributed by atoms with van der Waals surface area (Å²) in [4.78, 5) is 27.4. The summed E-state index contributed by atoms with van der Waals surface area (Å²) < 4.78 is 10.4. The molecule has 0 bridgehead atoms. The second kappa shape index (κ2) is 7.22. The van der Waals surface area contributed by atoms with Crippen molar-refractivity contribution in [1.29, 1.82) is 0 Å². The number of nitrogens with zero attached hydrogens (tertiary/aromatic N) is 2. The summed E-state index contributed by atoms with van der Waals surface area (Å²) in [5, 5.41) is 6.37. The molecule has 0 radical (unpaired) electrons. The van der Waals surface area contributed by atoms with Crippen LogP contribution < -0.4 is 10.2 Å². The number of hydrazone groups is 1. The second-order valence-electron chi connectivity index (χ2n) is 5.05. The molecule has 0 aliphatic carbocycles. The number of ether oxygens (including phenoxy) is 2. The Morgan fingerprint density at radius 2 is 2.25 bits per heavy atom. The van der Waals surface area contributed by atoms with Gasteiger partial charge < -0.3 is 9.47 Å². The highest BCUT2D eigenvalue weighted by atomic mass is 32.1. The zero-order valence-corrected chi connectivity index (χ0v) is 13.8. The normalized spacial score (nSPS) is 13.9. The SMILES string of the molecule is COc1cccc(-c2nc(COC(=O)C3=NNC(=O)CC3)cs2)c1. The summed E-state index contributed by atoms with van der Waals surface area (Å²) in [6.07, 6.45) is 0.529. The van der Waals surface area contributed by atoms with E-state index in [-0.39, 0.29) is 31.1 Å². The van der Waals surface area contributed by atoms with Crippen molar-refractivity contribution in [3.63, 3.8) is 0 Å². The molecule has 124 valence electrons. The van der Waals surface area contributed by atoms with E-state index in [1.807, 2.05) is 29.6 Å². The predicted octanol–water partition coefficient (Wildman–Crippen LogP) is 2.13. The molecule has 1 N–H and O–H groups in total. The van der Waals surface area contributed by atoms with Crippen molar-refractivity contribution >= 4 is 28.9 Å². The van der Waals surface area contributed by atoms with Gasteiger partial charge in [0.15, 0.2) is 0 Å². The molecule has 1 aromatic carbocycles. The number of amides is 1. The minimum Gasteiger partial charge on any atom is -0.497 e. The average Bonchev–Trinajstić information content (AvgIpc) is 3.09. The van der Waals surface area contributed by atoms with Crippen molar-refractivity contribution in [2.75, 3.05) is 7.11 Å². The Morgan fingerprint density at radius 1 is 1.38 bits per heavy atom. The Kier molecular flexibility index (Phi) is 4.85. The van der Waals surface area contributed by atoms with Gasteiger partial charge in [0.2, 0.25) is 5.91 Å². The van der Waals surface area contributed by atoms with Gasteiger partial charge >= 0.3 is 5.97 Å². The van der Waals surface area contributed by atoms with Gasteiger partial charge in [0, 0.05) is 23.8 Å². The number of carbonyl (C=O) groups excluding carboxylic acids is 2. The van der Waals surface area contributed by atoms with Crippen LogP contribution in [0.5, 0.6) is 5.75 Å². The van der Waals surface area contributed by atoms with Crippen LogP contribution in [-0.2, 0) is 20.9 Å². The van der Waals surface area contributed by atoms with E-state index in [1.165, 1.54) is 11.3 Å². The maximum Gasteiger partial charge on any atom is 0.354 e. The first-order chi connectivity index (χ1) is 11.7.